The molecule has 0 spiro atoms. The summed E-state index contributed by atoms with van der Waals surface area (Å²) >= 11 is 3.59. The first-order valence-corrected chi connectivity index (χ1v) is 8.13. The summed E-state index contributed by atoms with van der Waals surface area (Å²) in [7, 11) is 0. The van der Waals surface area contributed by atoms with Crippen LogP contribution in [0.1, 0.15) is 31.2 Å². The number of piperidine rings is 1. The predicted molar refractivity (Wildman–Crippen MR) is 82.8 cm³/mol. The van der Waals surface area contributed by atoms with E-state index < -0.39 is 0 Å². The minimum atomic E-state index is 0.501. The van der Waals surface area contributed by atoms with Gasteiger partial charge in [-0.05, 0) is 65.7 Å². The molecule has 1 atom stereocenters. The number of nitrogens with zero attached hydrogens (tertiary/aromatic N) is 2. The van der Waals surface area contributed by atoms with Gasteiger partial charge in [0.1, 0.15) is 0 Å². The number of hydrogen-bond acceptors (Lipinski definition) is 3. The Bertz CT molecular complexity index is 512. The van der Waals surface area contributed by atoms with Crippen LogP contribution >= 0.6 is 15.9 Å². The van der Waals surface area contributed by atoms with Gasteiger partial charge in [-0.15, -0.1) is 0 Å². The first-order chi connectivity index (χ1) is 9.78. The minimum absolute atomic E-state index is 0.501. The van der Waals surface area contributed by atoms with Crippen molar-refractivity contribution in [3.05, 3.63) is 28.2 Å². The molecule has 0 aliphatic carbocycles. The van der Waals surface area contributed by atoms with Crippen molar-refractivity contribution in [1.29, 1.82) is 5.26 Å². The molecule has 3 rings (SSSR count). The first-order valence-electron chi connectivity index (χ1n) is 7.34. The van der Waals surface area contributed by atoms with E-state index in [2.05, 4.69) is 33.0 Å². The van der Waals surface area contributed by atoms with E-state index in [1.807, 2.05) is 12.1 Å². The molecule has 1 unspecified atom stereocenters. The van der Waals surface area contributed by atoms with Gasteiger partial charge in [0.05, 0.1) is 23.4 Å². The summed E-state index contributed by atoms with van der Waals surface area (Å²) < 4.78 is 6.84. The lowest BCUT2D eigenvalue weighted by atomic mass is 9.89. The number of hydrogen-bond donors (Lipinski definition) is 0. The van der Waals surface area contributed by atoms with Gasteiger partial charge in [0.25, 0.3) is 0 Å². The van der Waals surface area contributed by atoms with Crippen molar-refractivity contribution < 1.29 is 4.74 Å². The highest BCUT2D eigenvalue weighted by Crippen LogP contribution is 2.34. The van der Waals surface area contributed by atoms with E-state index in [1.165, 1.54) is 31.4 Å². The van der Waals surface area contributed by atoms with E-state index >= 15 is 0 Å². The molecule has 2 aliphatic heterocycles. The van der Waals surface area contributed by atoms with E-state index in [4.69, 9.17) is 10.00 Å². The summed E-state index contributed by atoms with van der Waals surface area (Å²) in [5.74, 6) is 0.728. The number of anilines is 1. The molecule has 2 heterocycles. The van der Waals surface area contributed by atoms with Crippen LogP contribution in [0.2, 0.25) is 0 Å². The molecule has 106 valence electrons. The molecular formula is C16H19BrN2O. The number of ether oxygens (including phenoxy) is 1. The molecule has 2 fully saturated rings. The number of rotatable bonds is 2. The SMILES string of the molecule is N#Cc1ccc(N2CCC(C3CCCO3)CC2)c(Br)c1. The lowest BCUT2D eigenvalue weighted by molar-refractivity contribution is 0.0531. The van der Waals surface area contributed by atoms with Gasteiger partial charge in [0.15, 0.2) is 0 Å². The molecule has 2 saturated heterocycles. The third kappa shape index (κ3) is 2.84. The molecule has 2 aliphatic rings. The Hall–Kier alpha value is -1.05. The van der Waals surface area contributed by atoms with Crippen LogP contribution in [-0.2, 0) is 4.74 Å². The second-order valence-corrected chi connectivity index (χ2v) is 6.51. The third-order valence-electron chi connectivity index (χ3n) is 4.45. The molecular weight excluding hydrogens is 316 g/mol. The summed E-state index contributed by atoms with van der Waals surface area (Å²) in [6.45, 7) is 3.11. The van der Waals surface area contributed by atoms with Gasteiger partial charge in [-0.1, -0.05) is 0 Å². The van der Waals surface area contributed by atoms with E-state index in [1.54, 1.807) is 0 Å². The zero-order valence-electron chi connectivity index (χ0n) is 11.5. The summed E-state index contributed by atoms with van der Waals surface area (Å²) in [6, 6.07) is 8.03. The fourth-order valence-electron chi connectivity index (χ4n) is 3.32. The van der Waals surface area contributed by atoms with Crippen molar-refractivity contribution in [2.24, 2.45) is 5.92 Å². The van der Waals surface area contributed by atoms with Crippen molar-refractivity contribution in [3.63, 3.8) is 0 Å². The second-order valence-electron chi connectivity index (χ2n) is 5.65. The maximum atomic E-state index is 8.92. The summed E-state index contributed by atoms with van der Waals surface area (Å²) in [6.07, 6.45) is 5.38. The Labute approximate surface area is 128 Å². The molecule has 0 radical (unpaired) electrons. The van der Waals surface area contributed by atoms with Crippen molar-refractivity contribution in [3.8, 4) is 6.07 Å². The Balaban J connectivity index is 1.64. The Morgan fingerprint density at radius 3 is 2.65 bits per heavy atom. The first kappa shape index (κ1) is 13.9. The summed E-state index contributed by atoms with van der Waals surface area (Å²) in [5, 5.41) is 8.92. The van der Waals surface area contributed by atoms with Crippen LogP contribution in [0.5, 0.6) is 0 Å². The van der Waals surface area contributed by atoms with Gasteiger partial charge < -0.3 is 9.64 Å². The van der Waals surface area contributed by atoms with Crippen molar-refractivity contribution in [2.45, 2.75) is 31.8 Å². The Morgan fingerprint density at radius 1 is 1.25 bits per heavy atom. The lowest BCUT2D eigenvalue weighted by Crippen LogP contribution is -2.37. The van der Waals surface area contributed by atoms with E-state index in [0.717, 1.165) is 30.1 Å². The molecule has 0 aromatic heterocycles. The zero-order chi connectivity index (χ0) is 13.9. The van der Waals surface area contributed by atoms with E-state index in [-0.39, 0.29) is 0 Å². The maximum absolute atomic E-state index is 8.92. The normalized spacial score (nSPS) is 23.8. The van der Waals surface area contributed by atoms with Crippen LogP contribution in [-0.4, -0.2) is 25.8 Å². The molecule has 0 bridgehead atoms. The van der Waals surface area contributed by atoms with Crippen molar-refractivity contribution in [1.82, 2.24) is 0 Å². The molecule has 0 N–H and O–H groups in total. The van der Waals surface area contributed by atoms with Crippen LogP contribution in [0, 0.1) is 17.2 Å². The van der Waals surface area contributed by atoms with E-state index in [0.29, 0.717) is 11.7 Å². The molecule has 1 aromatic carbocycles. The molecule has 0 amide bonds. The Morgan fingerprint density at radius 2 is 2.05 bits per heavy atom. The molecule has 3 nitrogen and oxygen atoms in total. The average molecular weight is 335 g/mol. The minimum Gasteiger partial charge on any atom is -0.378 e. The summed E-state index contributed by atoms with van der Waals surface area (Å²) in [4.78, 5) is 2.41. The topological polar surface area (TPSA) is 36.3 Å². The highest BCUT2D eigenvalue weighted by atomic mass is 79.9. The largest absolute Gasteiger partial charge is 0.378 e. The second kappa shape index (κ2) is 6.15. The fourth-order valence-corrected chi connectivity index (χ4v) is 3.95. The quantitative estimate of drug-likeness (QED) is 0.827. The van der Waals surface area contributed by atoms with Gasteiger partial charge >= 0.3 is 0 Å². The van der Waals surface area contributed by atoms with Crippen LogP contribution < -0.4 is 4.90 Å². The van der Waals surface area contributed by atoms with Crippen LogP contribution in [0.15, 0.2) is 22.7 Å². The average Bonchev–Trinajstić information content (AvgIpc) is 3.01. The van der Waals surface area contributed by atoms with Gasteiger partial charge in [0, 0.05) is 24.2 Å². The van der Waals surface area contributed by atoms with Gasteiger partial charge in [-0.2, -0.15) is 5.26 Å². The molecule has 4 heteroatoms. The van der Waals surface area contributed by atoms with Crippen molar-refractivity contribution >= 4 is 21.6 Å². The van der Waals surface area contributed by atoms with E-state index in [9.17, 15) is 0 Å². The van der Waals surface area contributed by atoms with Crippen LogP contribution in [0.3, 0.4) is 0 Å². The van der Waals surface area contributed by atoms with Gasteiger partial charge in [-0.25, -0.2) is 0 Å². The highest BCUT2D eigenvalue weighted by molar-refractivity contribution is 9.10. The van der Waals surface area contributed by atoms with Gasteiger partial charge in [-0.3, -0.25) is 0 Å². The maximum Gasteiger partial charge on any atom is 0.0992 e. The number of benzene rings is 1. The van der Waals surface area contributed by atoms with Crippen LogP contribution in [0.4, 0.5) is 5.69 Å². The highest BCUT2D eigenvalue weighted by Gasteiger charge is 2.29. The third-order valence-corrected chi connectivity index (χ3v) is 5.08. The standard InChI is InChI=1S/C16H19BrN2O/c17-14-10-12(11-18)3-4-15(14)19-7-5-13(6-8-19)16-2-1-9-20-16/h3-4,10,13,16H,1-2,5-9H2. The zero-order valence-corrected chi connectivity index (χ0v) is 13.1. The molecule has 0 saturated carbocycles. The van der Waals surface area contributed by atoms with Crippen LogP contribution in [0.25, 0.3) is 0 Å². The number of halogens is 1. The monoisotopic (exact) mass is 334 g/mol. The fraction of sp³-hybridized carbons (Fsp3) is 0.562. The van der Waals surface area contributed by atoms with Gasteiger partial charge in [0.2, 0.25) is 0 Å². The summed E-state index contributed by atoms with van der Waals surface area (Å²) in [5.41, 5.74) is 1.91. The Kier molecular flexibility index (Phi) is 4.28. The van der Waals surface area contributed by atoms with Crippen molar-refractivity contribution in [2.75, 3.05) is 24.6 Å². The molecule has 20 heavy (non-hydrogen) atoms. The smallest absolute Gasteiger partial charge is 0.0992 e. The predicted octanol–water partition coefficient (Wildman–Crippen LogP) is 3.72. The number of nitriles is 1. The lowest BCUT2D eigenvalue weighted by Gasteiger charge is -2.36. The molecule has 1 aromatic rings.